The summed E-state index contributed by atoms with van der Waals surface area (Å²) in [4.78, 5) is 0. The van der Waals surface area contributed by atoms with Gasteiger partial charge in [-0.15, -0.1) is 0 Å². The van der Waals surface area contributed by atoms with Crippen molar-refractivity contribution in [2.45, 2.75) is 12.3 Å². The lowest BCUT2D eigenvalue weighted by molar-refractivity contribution is 0.566. The standard InChI is InChI=1S/C14H14F2N2O2S/c15-12-4-5-14(16)11(7-12)8-18-21(19,20)9-10-2-1-3-13(17)6-10/h1-7,18H,8-9,17H2. The Morgan fingerprint density at radius 3 is 2.57 bits per heavy atom. The van der Waals surface area contributed by atoms with Crippen molar-refractivity contribution in [3.05, 3.63) is 65.2 Å². The number of benzene rings is 2. The molecule has 0 spiro atoms. The molecule has 0 aromatic heterocycles. The number of hydrogen-bond acceptors (Lipinski definition) is 3. The molecule has 0 fully saturated rings. The number of hydrogen-bond donors (Lipinski definition) is 2. The van der Waals surface area contributed by atoms with E-state index in [4.69, 9.17) is 5.73 Å². The van der Waals surface area contributed by atoms with Gasteiger partial charge >= 0.3 is 0 Å². The lowest BCUT2D eigenvalue weighted by Gasteiger charge is -2.08. The Kier molecular flexibility index (Phi) is 4.54. The Morgan fingerprint density at radius 2 is 1.86 bits per heavy atom. The second-order valence-corrected chi connectivity index (χ2v) is 6.37. The average Bonchev–Trinajstić information content (AvgIpc) is 2.39. The molecule has 0 aliphatic heterocycles. The van der Waals surface area contributed by atoms with Gasteiger partial charge < -0.3 is 5.73 Å². The predicted octanol–water partition coefficient (Wildman–Crippen LogP) is 2.17. The summed E-state index contributed by atoms with van der Waals surface area (Å²) in [5, 5.41) is 0. The molecule has 21 heavy (non-hydrogen) atoms. The molecule has 0 aliphatic carbocycles. The minimum Gasteiger partial charge on any atom is -0.399 e. The molecule has 2 aromatic rings. The van der Waals surface area contributed by atoms with E-state index in [9.17, 15) is 17.2 Å². The summed E-state index contributed by atoms with van der Waals surface area (Å²) >= 11 is 0. The van der Waals surface area contributed by atoms with E-state index in [0.29, 0.717) is 11.3 Å². The number of nitrogen functional groups attached to an aromatic ring is 1. The molecule has 0 bridgehead atoms. The molecule has 4 nitrogen and oxygen atoms in total. The van der Waals surface area contributed by atoms with Crippen LogP contribution < -0.4 is 10.5 Å². The van der Waals surface area contributed by atoms with Gasteiger partial charge in [0.25, 0.3) is 0 Å². The van der Waals surface area contributed by atoms with Crippen molar-refractivity contribution in [3.8, 4) is 0 Å². The van der Waals surface area contributed by atoms with E-state index in [1.807, 2.05) is 0 Å². The Hall–Kier alpha value is -1.99. The fourth-order valence-electron chi connectivity index (χ4n) is 1.82. The van der Waals surface area contributed by atoms with Gasteiger partial charge in [0.15, 0.2) is 0 Å². The molecular formula is C14H14F2N2O2S. The van der Waals surface area contributed by atoms with Gasteiger partial charge in [0.2, 0.25) is 10.0 Å². The van der Waals surface area contributed by atoms with Crippen molar-refractivity contribution in [2.75, 3.05) is 5.73 Å². The SMILES string of the molecule is Nc1cccc(CS(=O)(=O)NCc2cc(F)ccc2F)c1. The average molecular weight is 312 g/mol. The molecule has 0 radical (unpaired) electrons. The molecule has 0 aliphatic rings. The van der Waals surface area contributed by atoms with Crippen molar-refractivity contribution >= 4 is 15.7 Å². The minimum atomic E-state index is -3.67. The normalized spacial score (nSPS) is 11.5. The second kappa shape index (κ2) is 6.19. The summed E-state index contributed by atoms with van der Waals surface area (Å²) in [6.45, 7) is -0.311. The minimum absolute atomic E-state index is 0.0499. The first-order chi connectivity index (χ1) is 9.85. The Labute approximate surface area is 121 Å². The van der Waals surface area contributed by atoms with Crippen LogP contribution in [0.1, 0.15) is 11.1 Å². The van der Waals surface area contributed by atoms with Gasteiger partial charge in [-0.1, -0.05) is 12.1 Å². The third kappa shape index (κ3) is 4.51. The highest BCUT2D eigenvalue weighted by atomic mass is 32.2. The van der Waals surface area contributed by atoms with Crippen LogP contribution in [0.15, 0.2) is 42.5 Å². The molecular weight excluding hydrogens is 298 g/mol. The van der Waals surface area contributed by atoms with E-state index in [2.05, 4.69) is 4.72 Å². The smallest absolute Gasteiger partial charge is 0.216 e. The number of rotatable bonds is 5. The van der Waals surface area contributed by atoms with Gasteiger partial charge in [0.05, 0.1) is 5.75 Å². The maximum absolute atomic E-state index is 13.4. The predicted molar refractivity (Wildman–Crippen MR) is 76.7 cm³/mol. The first kappa shape index (κ1) is 15.4. The summed E-state index contributed by atoms with van der Waals surface area (Å²) in [5.41, 5.74) is 6.50. The quantitative estimate of drug-likeness (QED) is 0.831. The Balaban J connectivity index is 2.06. The van der Waals surface area contributed by atoms with Crippen LogP contribution in [-0.4, -0.2) is 8.42 Å². The summed E-state index contributed by atoms with van der Waals surface area (Å²) in [7, 11) is -3.67. The van der Waals surface area contributed by atoms with Gasteiger partial charge in [-0.25, -0.2) is 21.9 Å². The largest absolute Gasteiger partial charge is 0.399 e. The van der Waals surface area contributed by atoms with E-state index in [1.54, 1.807) is 24.3 Å². The van der Waals surface area contributed by atoms with Gasteiger partial charge in [-0.3, -0.25) is 0 Å². The zero-order valence-corrected chi connectivity index (χ0v) is 11.8. The second-order valence-electron chi connectivity index (χ2n) is 4.56. The van der Waals surface area contributed by atoms with Crippen LogP contribution in [0, 0.1) is 11.6 Å². The zero-order chi connectivity index (χ0) is 15.5. The fraction of sp³-hybridized carbons (Fsp3) is 0.143. The van der Waals surface area contributed by atoms with Gasteiger partial charge in [-0.2, -0.15) is 0 Å². The zero-order valence-electron chi connectivity index (χ0n) is 11.0. The first-order valence-corrected chi connectivity index (χ1v) is 7.77. The van der Waals surface area contributed by atoms with Crippen LogP contribution in [0.5, 0.6) is 0 Å². The van der Waals surface area contributed by atoms with Crippen LogP contribution in [0.4, 0.5) is 14.5 Å². The van der Waals surface area contributed by atoms with Crippen molar-refractivity contribution in [1.29, 1.82) is 0 Å². The molecule has 0 saturated heterocycles. The van der Waals surface area contributed by atoms with Crippen LogP contribution in [-0.2, 0) is 22.3 Å². The molecule has 7 heteroatoms. The van der Waals surface area contributed by atoms with Crippen molar-refractivity contribution in [1.82, 2.24) is 4.72 Å². The van der Waals surface area contributed by atoms with Gasteiger partial charge in [0.1, 0.15) is 11.6 Å². The summed E-state index contributed by atoms with van der Waals surface area (Å²) in [6.07, 6.45) is 0. The van der Waals surface area contributed by atoms with Crippen LogP contribution in [0.3, 0.4) is 0 Å². The maximum atomic E-state index is 13.4. The van der Waals surface area contributed by atoms with E-state index in [-0.39, 0.29) is 17.9 Å². The summed E-state index contributed by atoms with van der Waals surface area (Å²) in [6, 6.07) is 9.34. The number of halogens is 2. The van der Waals surface area contributed by atoms with Crippen LogP contribution >= 0.6 is 0 Å². The molecule has 0 atom stereocenters. The number of sulfonamides is 1. The molecule has 112 valence electrons. The molecule has 2 aromatic carbocycles. The summed E-state index contributed by atoms with van der Waals surface area (Å²) < 4.78 is 52.5. The van der Waals surface area contributed by atoms with Crippen molar-refractivity contribution in [3.63, 3.8) is 0 Å². The van der Waals surface area contributed by atoms with Gasteiger partial charge in [0, 0.05) is 17.8 Å². The fourth-order valence-corrected chi connectivity index (χ4v) is 2.92. The Bertz CT molecular complexity index is 748. The topological polar surface area (TPSA) is 72.2 Å². The first-order valence-electron chi connectivity index (χ1n) is 6.11. The lowest BCUT2D eigenvalue weighted by Crippen LogP contribution is -2.25. The molecule has 3 N–H and O–H groups in total. The van der Waals surface area contributed by atoms with Crippen LogP contribution in [0.25, 0.3) is 0 Å². The highest BCUT2D eigenvalue weighted by Crippen LogP contribution is 2.12. The van der Waals surface area contributed by atoms with E-state index < -0.39 is 21.7 Å². The van der Waals surface area contributed by atoms with E-state index in [1.165, 1.54) is 0 Å². The van der Waals surface area contributed by atoms with E-state index in [0.717, 1.165) is 18.2 Å². The molecule has 0 amide bonds. The number of anilines is 1. The van der Waals surface area contributed by atoms with Gasteiger partial charge in [-0.05, 0) is 35.9 Å². The van der Waals surface area contributed by atoms with Crippen LogP contribution in [0.2, 0.25) is 0 Å². The molecule has 0 saturated carbocycles. The Morgan fingerprint density at radius 1 is 1.10 bits per heavy atom. The summed E-state index contributed by atoms with van der Waals surface area (Å²) in [5.74, 6) is -1.57. The molecule has 0 heterocycles. The third-order valence-electron chi connectivity index (χ3n) is 2.80. The van der Waals surface area contributed by atoms with E-state index >= 15 is 0 Å². The molecule has 0 unspecified atom stereocenters. The maximum Gasteiger partial charge on any atom is 0.216 e. The molecule has 2 rings (SSSR count). The van der Waals surface area contributed by atoms with Crippen molar-refractivity contribution < 1.29 is 17.2 Å². The lowest BCUT2D eigenvalue weighted by atomic mass is 10.2. The monoisotopic (exact) mass is 312 g/mol. The highest BCUT2D eigenvalue weighted by molar-refractivity contribution is 7.88. The number of nitrogens with two attached hydrogens (primary N) is 1. The highest BCUT2D eigenvalue weighted by Gasteiger charge is 2.13. The van der Waals surface area contributed by atoms with Crippen molar-refractivity contribution in [2.24, 2.45) is 0 Å². The number of nitrogens with one attached hydrogen (secondary N) is 1. The third-order valence-corrected chi connectivity index (χ3v) is 4.10.